The van der Waals surface area contributed by atoms with Crippen LogP contribution in [-0.2, 0) is 16.0 Å². The first-order valence-corrected chi connectivity index (χ1v) is 11.9. The van der Waals surface area contributed by atoms with Crippen molar-refractivity contribution in [3.05, 3.63) is 98.8 Å². The van der Waals surface area contributed by atoms with E-state index in [0.717, 1.165) is 5.56 Å². The number of hydrogen-bond acceptors (Lipinski definition) is 5. The van der Waals surface area contributed by atoms with Gasteiger partial charge in [-0.15, -0.1) is 0 Å². The number of aromatic hydroxyl groups is 1. The number of nitrogens with zero attached hydrogens (tertiary/aromatic N) is 1. The Hall–Kier alpha value is -3.55. The molecule has 1 heterocycles. The van der Waals surface area contributed by atoms with Crippen molar-refractivity contribution in [1.29, 1.82) is 0 Å². The number of phenols is 1. The zero-order valence-corrected chi connectivity index (χ0v) is 20.7. The predicted octanol–water partition coefficient (Wildman–Crippen LogP) is 5.90. The minimum absolute atomic E-state index is 0.103. The molecule has 2 N–H and O–H groups in total. The number of phenolic OH excluding ortho intramolecular Hbond substituents is 1. The van der Waals surface area contributed by atoms with Crippen molar-refractivity contribution in [2.45, 2.75) is 19.4 Å². The first-order valence-electron chi connectivity index (χ1n) is 11.1. The minimum Gasteiger partial charge on any atom is -0.507 e. The molecule has 1 aliphatic rings. The molecule has 0 spiro atoms. The number of benzene rings is 3. The molecule has 1 amide bonds. The summed E-state index contributed by atoms with van der Waals surface area (Å²) in [4.78, 5) is 27.7. The van der Waals surface area contributed by atoms with E-state index in [-0.39, 0.29) is 51.6 Å². The maximum absolute atomic E-state index is 13.3. The number of ketones is 1. The summed E-state index contributed by atoms with van der Waals surface area (Å²) in [5.41, 5.74) is 1.30. The quantitative estimate of drug-likeness (QED) is 0.226. The van der Waals surface area contributed by atoms with Crippen LogP contribution in [0, 0.1) is 5.82 Å². The van der Waals surface area contributed by atoms with E-state index in [0.29, 0.717) is 12.0 Å². The Morgan fingerprint density at radius 1 is 1.03 bits per heavy atom. The number of aliphatic hydroxyl groups excluding tert-OH is 1. The lowest BCUT2D eigenvalue weighted by molar-refractivity contribution is -0.139. The van der Waals surface area contributed by atoms with E-state index >= 15 is 0 Å². The molecule has 1 saturated heterocycles. The first-order chi connectivity index (χ1) is 17.2. The molecule has 186 valence electrons. The van der Waals surface area contributed by atoms with Crippen LogP contribution >= 0.6 is 23.2 Å². The zero-order chi connectivity index (χ0) is 26.0. The van der Waals surface area contributed by atoms with Gasteiger partial charge in [0.15, 0.2) is 11.5 Å². The highest BCUT2D eigenvalue weighted by atomic mass is 35.5. The van der Waals surface area contributed by atoms with Gasteiger partial charge in [-0.25, -0.2) is 4.39 Å². The summed E-state index contributed by atoms with van der Waals surface area (Å²) >= 11 is 12.1. The van der Waals surface area contributed by atoms with Crippen LogP contribution in [-0.4, -0.2) is 40.0 Å². The van der Waals surface area contributed by atoms with Crippen LogP contribution in [0.5, 0.6) is 11.5 Å². The summed E-state index contributed by atoms with van der Waals surface area (Å²) in [6.07, 6.45) is 0.340. The van der Waals surface area contributed by atoms with Gasteiger partial charge in [-0.05, 0) is 66.9 Å². The second-order valence-electron chi connectivity index (χ2n) is 8.16. The molecule has 0 saturated carbocycles. The van der Waals surface area contributed by atoms with Crippen LogP contribution < -0.4 is 4.74 Å². The standard InChI is InChI=1S/C27H22Cl2FNO5/c1-2-36-22-14-16(6-10-21(22)32)24-23(25(33)17-5-9-19(28)20(29)13-17)26(34)27(35)31(24)12-11-15-3-7-18(30)8-4-15/h3-10,13-14,24,32-33H,2,11-12H2,1H3/b25-23-. The van der Waals surface area contributed by atoms with Crippen molar-refractivity contribution in [3.8, 4) is 11.5 Å². The molecule has 4 rings (SSSR count). The lowest BCUT2D eigenvalue weighted by atomic mass is 9.95. The third kappa shape index (κ3) is 5.03. The predicted molar refractivity (Wildman–Crippen MR) is 135 cm³/mol. The molecule has 3 aromatic carbocycles. The normalized spacial score (nSPS) is 17.0. The Morgan fingerprint density at radius 3 is 2.42 bits per heavy atom. The summed E-state index contributed by atoms with van der Waals surface area (Å²) in [5, 5.41) is 21.8. The fourth-order valence-corrected chi connectivity index (χ4v) is 4.43. The fraction of sp³-hybridized carbons (Fsp3) is 0.185. The van der Waals surface area contributed by atoms with E-state index in [2.05, 4.69) is 0 Å². The highest BCUT2D eigenvalue weighted by molar-refractivity contribution is 6.47. The third-order valence-electron chi connectivity index (χ3n) is 5.89. The second-order valence-corrected chi connectivity index (χ2v) is 8.97. The van der Waals surface area contributed by atoms with Gasteiger partial charge in [0.25, 0.3) is 11.7 Å². The van der Waals surface area contributed by atoms with Gasteiger partial charge in [-0.3, -0.25) is 9.59 Å². The average molecular weight is 530 g/mol. The van der Waals surface area contributed by atoms with Gasteiger partial charge in [0.05, 0.1) is 28.3 Å². The van der Waals surface area contributed by atoms with E-state index in [1.807, 2.05) is 0 Å². The molecule has 0 aromatic heterocycles. The first kappa shape index (κ1) is 25.5. The summed E-state index contributed by atoms with van der Waals surface area (Å²) in [5.74, 6) is -2.38. The lowest BCUT2D eigenvalue weighted by Crippen LogP contribution is -2.31. The van der Waals surface area contributed by atoms with E-state index < -0.39 is 23.5 Å². The summed E-state index contributed by atoms with van der Waals surface area (Å²) in [6.45, 7) is 2.15. The maximum Gasteiger partial charge on any atom is 0.295 e. The minimum atomic E-state index is -0.972. The molecule has 1 unspecified atom stereocenters. The number of likely N-dealkylation sites (tertiary alicyclic amines) is 1. The van der Waals surface area contributed by atoms with Crippen molar-refractivity contribution in [2.75, 3.05) is 13.2 Å². The van der Waals surface area contributed by atoms with Crippen LogP contribution in [0.1, 0.15) is 29.7 Å². The van der Waals surface area contributed by atoms with Gasteiger partial charge >= 0.3 is 0 Å². The topological polar surface area (TPSA) is 87.1 Å². The van der Waals surface area contributed by atoms with Crippen LogP contribution in [0.4, 0.5) is 4.39 Å². The second kappa shape index (κ2) is 10.6. The van der Waals surface area contributed by atoms with Gasteiger partial charge < -0.3 is 19.8 Å². The fourth-order valence-electron chi connectivity index (χ4n) is 4.13. The number of carbonyl (C=O) groups excluding carboxylic acids is 2. The van der Waals surface area contributed by atoms with Crippen molar-refractivity contribution < 1.29 is 28.9 Å². The largest absolute Gasteiger partial charge is 0.507 e. The van der Waals surface area contributed by atoms with Crippen molar-refractivity contribution in [1.82, 2.24) is 4.90 Å². The third-order valence-corrected chi connectivity index (χ3v) is 6.63. The Kier molecular flexibility index (Phi) is 7.52. The number of aliphatic hydroxyl groups is 1. The van der Waals surface area contributed by atoms with E-state index in [1.54, 1.807) is 25.1 Å². The Morgan fingerprint density at radius 2 is 1.75 bits per heavy atom. The molecule has 1 aliphatic heterocycles. The highest BCUT2D eigenvalue weighted by Gasteiger charge is 2.46. The summed E-state index contributed by atoms with van der Waals surface area (Å²) < 4.78 is 18.8. The molecule has 0 aliphatic carbocycles. The van der Waals surface area contributed by atoms with Gasteiger partial charge in [-0.1, -0.05) is 41.4 Å². The van der Waals surface area contributed by atoms with E-state index in [4.69, 9.17) is 27.9 Å². The zero-order valence-electron chi connectivity index (χ0n) is 19.2. The summed E-state index contributed by atoms with van der Waals surface area (Å²) in [7, 11) is 0. The van der Waals surface area contributed by atoms with Crippen LogP contribution in [0.3, 0.4) is 0 Å². The van der Waals surface area contributed by atoms with Crippen molar-refractivity contribution >= 4 is 40.7 Å². The van der Waals surface area contributed by atoms with E-state index in [9.17, 15) is 24.2 Å². The Labute approximate surface area is 217 Å². The molecule has 0 radical (unpaired) electrons. The number of rotatable bonds is 7. The van der Waals surface area contributed by atoms with Crippen molar-refractivity contribution in [2.24, 2.45) is 0 Å². The molecule has 1 fully saturated rings. The smallest absolute Gasteiger partial charge is 0.295 e. The van der Waals surface area contributed by atoms with Gasteiger partial charge in [0.1, 0.15) is 11.6 Å². The molecule has 1 atom stereocenters. The lowest BCUT2D eigenvalue weighted by Gasteiger charge is -2.26. The van der Waals surface area contributed by atoms with Crippen LogP contribution in [0.25, 0.3) is 5.76 Å². The number of ether oxygens (including phenoxy) is 1. The Bertz CT molecular complexity index is 1360. The number of carbonyl (C=O) groups is 2. The van der Waals surface area contributed by atoms with Crippen LogP contribution in [0.2, 0.25) is 10.0 Å². The average Bonchev–Trinajstić information content (AvgIpc) is 3.11. The number of Topliss-reactive ketones (excluding diaryl/α,β-unsaturated/α-hetero) is 1. The Balaban J connectivity index is 1.82. The molecule has 9 heteroatoms. The maximum atomic E-state index is 13.3. The van der Waals surface area contributed by atoms with E-state index in [1.165, 1.54) is 47.4 Å². The SMILES string of the molecule is CCOc1cc(C2/C(=C(/O)c3ccc(Cl)c(Cl)c3)C(=O)C(=O)N2CCc2ccc(F)cc2)ccc1O. The molecule has 6 nitrogen and oxygen atoms in total. The van der Waals surface area contributed by atoms with Crippen LogP contribution in [0.15, 0.2) is 66.2 Å². The highest BCUT2D eigenvalue weighted by Crippen LogP contribution is 2.42. The molecular weight excluding hydrogens is 508 g/mol. The van der Waals surface area contributed by atoms with Gasteiger partial charge in [-0.2, -0.15) is 0 Å². The molecule has 36 heavy (non-hydrogen) atoms. The number of hydrogen-bond donors (Lipinski definition) is 2. The van der Waals surface area contributed by atoms with Gasteiger partial charge in [0, 0.05) is 12.1 Å². The molecule has 3 aromatic rings. The molecule has 0 bridgehead atoms. The summed E-state index contributed by atoms with van der Waals surface area (Å²) in [6, 6.07) is 13.7. The van der Waals surface area contributed by atoms with Crippen molar-refractivity contribution in [3.63, 3.8) is 0 Å². The number of amides is 1. The number of halogens is 3. The molecular formula is C27H22Cl2FNO5. The monoisotopic (exact) mass is 529 g/mol. The van der Waals surface area contributed by atoms with Gasteiger partial charge in [0.2, 0.25) is 0 Å².